The number of carbonyl (C=O) groups excluding carboxylic acids is 2. The summed E-state index contributed by atoms with van der Waals surface area (Å²) in [6.07, 6.45) is 1.84. The van der Waals surface area contributed by atoms with Gasteiger partial charge in [-0.05, 0) is 30.9 Å². The lowest BCUT2D eigenvalue weighted by Gasteiger charge is -2.34. The van der Waals surface area contributed by atoms with Gasteiger partial charge in [-0.25, -0.2) is 8.78 Å². The summed E-state index contributed by atoms with van der Waals surface area (Å²) >= 11 is 0. The Bertz CT molecular complexity index is 1540. The van der Waals surface area contributed by atoms with Crippen LogP contribution in [0, 0.1) is 11.6 Å². The lowest BCUT2D eigenvalue weighted by molar-refractivity contribution is -0.169. The quantitative estimate of drug-likeness (QED) is 0.320. The van der Waals surface area contributed by atoms with E-state index in [2.05, 4.69) is 10.7 Å². The molecule has 2 aliphatic heterocycles. The highest BCUT2D eigenvalue weighted by Crippen LogP contribution is 2.26. The molecule has 2 N–H and O–H groups in total. The molecule has 1 saturated heterocycles. The van der Waals surface area contributed by atoms with Crippen molar-refractivity contribution in [2.45, 2.75) is 45.3 Å². The van der Waals surface area contributed by atoms with E-state index in [1.54, 1.807) is 24.3 Å². The maximum absolute atomic E-state index is 14.3. The molecule has 3 aromatic rings. The Morgan fingerprint density at radius 1 is 1.11 bits per heavy atom. The largest absolute Gasteiger partial charge is 0.482 e. The van der Waals surface area contributed by atoms with Crippen molar-refractivity contribution in [2.24, 2.45) is 0 Å². The molecule has 234 valence electrons. The fourth-order valence-electron chi connectivity index (χ4n) is 5.01. The number of ether oxygens (including phenoxy) is 4. The first-order valence-corrected chi connectivity index (χ1v) is 14.3. The first-order chi connectivity index (χ1) is 21.4. The third kappa shape index (κ3) is 7.07. The molecule has 1 unspecified atom stereocenters. The molecule has 3 heterocycles. The second-order valence-corrected chi connectivity index (χ2v) is 10.3. The first kappa shape index (κ1) is 31.1. The number of hydrogen-bond donors (Lipinski definition) is 2. The van der Waals surface area contributed by atoms with Gasteiger partial charge in [0.15, 0.2) is 17.7 Å². The Morgan fingerprint density at radius 3 is 2.66 bits per heavy atom. The minimum absolute atomic E-state index is 0.0221. The number of fused-ring (bicyclic) bond motifs is 1. The average Bonchev–Trinajstić information content (AvgIpc) is 3.03. The van der Waals surface area contributed by atoms with Gasteiger partial charge in [0.05, 0.1) is 18.9 Å². The topological polar surface area (TPSA) is 120 Å². The molecule has 13 heteroatoms. The molecule has 11 nitrogen and oxygen atoms in total. The molecule has 2 aliphatic rings. The summed E-state index contributed by atoms with van der Waals surface area (Å²) in [6, 6.07) is 12.0. The number of rotatable bonds is 12. The van der Waals surface area contributed by atoms with Crippen LogP contribution in [0.5, 0.6) is 5.75 Å². The van der Waals surface area contributed by atoms with Crippen molar-refractivity contribution in [2.75, 3.05) is 39.0 Å². The summed E-state index contributed by atoms with van der Waals surface area (Å²) in [4.78, 5) is 43.0. The van der Waals surface area contributed by atoms with Crippen molar-refractivity contribution in [3.8, 4) is 5.75 Å². The monoisotopic (exact) mass is 612 g/mol. The van der Waals surface area contributed by atoms with E-state index in [1.165, 1.54) is 22.8 Å². The summed E-state index contributed by atoms with van der Waals surface area (Å²) in [5, 5.41) is 2.55. The van der Waals surface area contributed by atoms with E-state index < -0.39 is 35.2 Å². The highest BCUT2D eigenvalue weighted by molar-refractivity contribution is 6.00. The Balaban J connectivity index is 1.56. The molecule has 1 atom stereocenters. The third-order valence-electron chi connectivity index (χ3n) is 7.36. The van der Waals surface area contributed by atoms with Crippen LogP contribution in [0.4, 0.5) is 8.78 Å². The van der Waals surface area contributed by atoms with Crippen LogP contribution in [0.2, 0.25) is 0 Å². The molecule has 0 spiro atoms. The van der Waals surface area contributed by atoms with Gasteiger partial charge in [0.1, 0.15) is 30.5 Å². The summed E-state index contributed by atoms with van der Waals surface area (Å²) < 4.78 is 51.9. The van der Waals surface area contributed by atoms with Crippen molar-refractivity contribution >= 4 is 11.8 Å². The molecular weight excluding hydrogens is 578 g/mol. The van der Waals surface area contributed by atoms with E-state index in [0.29, 0.717) is 19.1 Å². The van der Waals surface area contributed by atoms with Crippen LogP contribution < -0.4 is 20.9 Å². The van der Waals surface area contributed by atoms with Gasteiger partial charge >= 0.3 is 0 Å². The van der Waals surface area contributed by atoms with E-state index in [0.717, 1.165) is 24.5 Å². The number of hydrogen-bond acceptors (Lipinski definition) is 8. The summed E-state index contributed by atoms with van der Waals surface area (Å²) in [5.41, 5.74) is 2.65. The van der Waals surface area contributed by atoms with E-state index >= 15 is 0 Å². The maximum Gasteiger partial charge on any atom is 0.277 e. The lowest BCUT2D eigenvalue weighted by atomic mass is 10.1. The second kappa shape index (κ2) is 14.4. The Hall–Kier alpha value is -4.33. The predicted molar refractivity (Wildman–Crippen MR) is 155 cm³/mol. The molecule has 44 heavy (non-hydrogen) atoms. The Kier molecular flexibility index (Phi) is 10.2. The van der Waals surface area contributed by atoms with Gasteiger partial charge in [-0.1, -0.05) is 36.4 Å². The number of pyridine rings is 1. The predicted octanol–water partition coefficient (Wildman–Crippen LogP) is 3.28. The molecule has 0 bridgehead atoms. The zero-order chi connectivity index (χ0) is 31.1. The van der Waals surface area contributed by atoms with Gasteiger partial charge in [-0.2, -0.15) is 0 Å². The number of aromatic nitrogens is 1. The summed E-state index contributed by atoms with van der Waals surface area (Å²) in [7, 11) is 1.51. The van der Waals surface area contributed by atoms with Crippen LogP contribution in [-0.4, -0.2) is 61.2 Å². The highest BCUT2D eigenvalue weighted by Gasteiger charge is 2.36. The summed E-state index contributed by atoms with van der Waals surface area (Å²) in [5.74, 6) is -3.29. The number of methoxy groups -OCH3 is 1. The number of benzene rings is 2. The van der Waals surface area contributed by atoms with E-state index in [1.807, 2.05) is 6.07 Å². The van der Waals surface area contributed by atoms with Gasteiger partial charge in [0.25, 0.3) is 11.8 Å². The van der Waals surface area contributed by atoms with Gasteiger partial charge in [0.2, 0.25) is 5.43 Å². The smallest absolute Gasteiger partial charge is 0.277 e. The fourth-order valence-corrected chi connectivity index (χ4v) is 5.01. The molecule has 1 aromatic heterocycles. The number of amides is 2. The SMILES string of the molecule is COCCN1CNn2c(COC3CCCCO3)c(C(=O)NCc3ccc(F)cc3F)c(=O)c(OCc3ccccc3)c2C1=O. The molecular formula is C31H34F2N4O7. The van der Waals surface area contributed by atoms with Crippen molar-refractivity contribution in [3.05, 3.63) is 98.5 Å². The maximum atomic E-state index is 14.3. The normalized spacial score (nSPS) is 16.3. The highest BCUT2D eigenvalue weighted by atomic mass is 19.1. The van der Waals surface area contributed by atoms with Gasteiger partial charge in [0, 0.05) is 38.4 Å². The molecule has 2 amide bonds. The van der Waals surface area contributed by atoms with Crippen molar-refractivity contribution < 1.29 is 37.3 Å². The zero-order valence-electron chi connectivity index (χ0n) is 24.3. The number of carbonyl (C=O) groups is 2. The molecule has 5 rings (SSSR count). The van der Waals surface area contributed by atoms with Crippen LogP contribution in [0.15, 0.2) is 53.3 Å². The van der Waals surface area contributed by atoms with Crippen molar-refractivity contribution in [3.63, 3.8) is 0 Å². The van der Waals surface area contributed by atoms with E-state index in [4.69, 9.17) is 18.9 Å². The van der Waals surface area contributed by atoms with Crippen molar-refractivity contribution in [1.29, 1.82) is 0 Å². The summed E-state index contributed by atoms with van der Waals surface area (Å²) in [6.45, 7) is 0.423. The molecule has 1 fully saturated rings. The van der Waals surface area contributed by atoms with Crippen LogP contribution in [0.3, 0.4) is 0 Å². The fraction of sp³-hybridized carbons (Fsp3) is 0.387. The standard InChI is InChI=1S/C31H34F2N4O7/c1-41-14-12-36-19-35-37-24(18-43-25-9-5-6-13-42-25)26(30(39)34-16-21-10-11-22(32)15-23(21)33)28(38)29(27(37)31(36)40)44-17-20-7-3-2-4-8-20/h2-4,7-8,10-11,15,25,35H,5-6,9,12-14,16-19H2,1H3,(H,34,39). The van der Waals surface area contributed by atoms with Crippen LogP contribution in [0.1, 0.15) is 56.9 Å². The minimum atomic E-state index is -0.849. The van der Waals surface area contributed by atoms with Crippen LogP contribution in [-0.2, 0) is 34.0 Å². The molecule has 0 radical (unpaired) electrons. The lowest BCUT2D eigenvalue weighted by Crippen LogP contribution is -2.50. The molecule has 0 saturated carbocycles. The van der Waals surface area contributed by atoms with Crippen LogP contribution in [0.25, 0.3) is 0 Å². The van der Waals surface area contributed by atoms with E-state index in [9.17, 15) is 23.2 Å². The van der Waals surface area contributed by atoms with Gasteiger partial charge in [-0.3, -0.25) is 19.1 Å². The first-order valence-electron chi connectivity index (χ1n) is 14.3. The minimum Gasteiger partial charge on any atom is -0.482 e. The number of halogens is 2. The van der Waals surface area contributed by atoms with Crippen molar-refractivity contribution in [1.82, 2.24) is 14.9 Å². The zero-order valence-corrected chi connectivity index (χ0v) is 24.3. The van der Waals surface area contributed by atoms with Crippen LogP contribution >= 0.6 is 0 Å². The third-order valence-corrected chi connectivity index (χ3v) is 7.36. The average molecular weight is 613 g/mol. The van der Waals surface area contributed by atoms with Gasteiger partial charge < -0.3 is 34.6 Å². The van der Waals surface area contributed by atoms with E-state index in [-0.39, 0.29) is 67.8 Å². The number of nitrogens with zero attached hydrogens (tertiary/aromatic N) is 2. The Labute approximate surface area is 252 Å². The Morgan fingerprint density at radius 2 is 1.93 bits per heavy atom. The van der Waals surface area contributed by atoms with Gasteiger partial charge in [-0.15, -0.1) is 0 Å². The molecule has 2 aromatic carbocycles. The second-order valence-electron chi connectivity index (χ2n) is 10.3. The number of nitrogens with one attached hydrogen (secondary N) is 2. The molecule has 0 aliphatic carbocycles.